The Morgan fingerprint density at radius 1 is 1.10 bits per heavy atom. The third-order valence-corrected chi connectivity index (χ3v) is 5.56. The normalized spacial score (nSPS) is 22.1. The highest BCUT2D eigenvalue weighted by molar-refractivity contribution is 5.56. The highest BCUT2D eigenvalue weighted by Gasteiger charge is 2.32. The summed E-state index contributed by atoms with van der Waals surface area (Å²) in [6.45, 7) is 10.2. The Hall–Kier alpha value is -1.06. The van der Waals surface area contributed by atoms with Crippen LogP contribution in [0.4, 0.5) is 5.69 Å². The fraction of sp³-hybridized carbons (Fsp3) is 0.667. The summed E-state index contributed by atoms with van der Waals surface area (Å²) in [4.78, 5) is 5.13. The smallest absolute Gasteiger partial charge is 0.0399 e. The molecule has 2 aliphatic rings. The molecule has 3 heteroatoms. The minimum Gasteiger partial charge on any atom is -0.369 e. The average molecular weight is 287 g/mol. The Morgan fingerprint density at radius 3 is 2.43 bits per heavy atom. The predicted molar refractivity (Wildman–Crippen MR) is 90.0 cm³/mol. The molecule has 0 bridgehead atoms. The van der Waals surface area contributed by atoms with Gasteiger partial charge in [0, 0.05) is 44.0 Å². The molecule has 21 heavy (non-hydrogen) atoms. The zero-order valence-electron chi connectivity index (χ0n) is 13.6. The molecular formula is C18H29N3. The molecule has 1 aliphatic carbocycles. The first kappa shape index (κ1) is 14.9. The van der Waals surface area contributed by atoms with Gasteiger partial charge in [0.2, 0.25) is 0 Å². The second kappa shape index (κ2) is 5.98. The van der Waals surface area contributed by atoms with E-state index in [1.54, 1.807) is 0 Å². The number of hydrogen-bond acceptors (Lipinski definition) is 3. The predicted octanol–water partition coefficient (Wildman–Crippen LogP) is 2.70. The van der Waals surface area contributed by atoms with E-state index in [0.29, 0.717) is 0 Å². The molecule has 0 unspecified atom stereocenters. The van der Waals surface area contributed by atoms with Gasteiger partial charge in [0.05, 0.1) is 0 Å². The Kier molecular flexibility index (Phi) is 4.23. The van der Waals surface area contributed by atoms with Crippen molar-refractivity contribution in [3.8, 4) is 0 Å². The maximum atomic E-state index is 6.34. The fourth-order valence-corrected chi connectivity index (χ4v) is 3.55. The van der Waals surface area contributed by atoms with Crippen LogP contribution in [-0.2, 0) is 0 Å². The van der Waals surface area contributed by atoms with Crippen molar-refractivity contribution in [2.45, 2.75) is 45.1 Å². The first-order valence-electron chi connectivity index (χ1n) is 8.40. The summed E-state index contributed by atoms with van der Waals surface area (Å²) in [7, 11) is 0. The Bertz CT molecular complexity index is 485. The van der Waals surface area contributed by atoms with E-state index in [1.165, 1.54) is 62.1 Å². The van der Waals surface area contributed by atoms with Crippen LogP contribution in [-0.4, -0.2) is 43.2 Å². The third kappa shape index (κ3) is 3.24. The van der Waals surface area contributed by atoms with Gasteiger partial charge in [-0.2, -0.15) is 0 Å². The molecule has 116 valence electrons. The van der Waals surface area contributed by atoms with Crippen molar-refractivity contribution in [1.29, 1.82) is 0 Å². The topological polar surface area (TPSA) is 32.5 Å². The van der Waals surface area contributed by atoms with E-state index in [0.717, 1.165) is 13.1 Å². The summed E-state index contributed by atoms with van der Waals surface area (Å²) >= 11 is 0. The van der Waals surface area contributed by atoms with Crippen molar-refractivity contribution in [3.63, 3.8) is 0 Å². The van der Waals surface area contributed by atoms with E-state index >= 15 is 0 Å². The van der Waals surface area contributed by atoms with Crippen molar-refractivity contribution in [2.75, 3.05) is 37.6 Å². The van der Waals surface area contributed by atoms with Crippen LogP contribution in [0.3, 0.4) is 0 Å². The van der Waals surface area contributed by atoms with E-state index in [2.05, 4.69) is 41.8 Å². The molecule has 3 nitrogen and oxygen atoms in total. The van der Waals surface area contributed by atoms with E-state index in [-0.39, 0.29) is 5.54 Å². The molecule has 2 fully saturated rings. The standard InChI is InChI=1S/C18H29N3/c1-15-5-3-6-17(16(15)2)21-13-11-20(12-14-21)10-9-18(19)7-4-8-18/h3,5-6H,4,7-14,19H2,1-2H3. The molecule has 0 amide bonds. The highest BCUT2D eigenvalue weighted by Crippen LogP contribution is 2.32. The van der Waals surface area contributed by atoms with Crippen molar-refractivity contribution >= 4 is 5.69 Å². The quantitative estimate of drug-likeness (QED) is 0.924. The summed E-state index contributed by atoms with van der Waals surface area (Å²) in [5.74, 6) is 0. The number of anilines is 1. The van der Waals surface area contributed by atoms with Crippen molar-refractivity contribution < 1.29 is 0 Å². The van der Waals surface area contributed by atoms with Crippen molar-refractivity contribution in [1.82, 2.24) is 4.90 Å². The Labute approximate surface area is 129 Å². The van der Waals surface area contributed by atoms with Crippen LogP contribution in [0.25, 0.3) is 0 Å². The number of aryl methyl sites for hydroxylation is 1. The molecule has 0 atom stereocenters. The second-order valence-corrected chi connectivity index (χ2v) is 7.01. The largest absolute Gasteiger partial charge is 0.369 e. The van der Waals surface area contributed by atoms with Gasteiger partial charge in [-0.1, -0.05) is 12.1 Å². The van der Waals surface area contributed by atoms with Gasteiger partial charge in [0.1, 0.15) is 0 Å². The van der Waals surface area contributed by atoms with Crippen LogP contribution >= 0.6 is 0 Å². The molecule has 1 aromatic rings. The van der Waals surface area contributed by atoms with Gasteiger partial charge in [0.15, 0.2) is 0 Å². The summed E-state index contributed by atoms with van der Waals surface area (Å²) in [6.07, 6.45) is 4.97. The minimum absolute atomic E-state index is 0.171. The van der Waals surface area contributed by atoms with Gasteiger partial charge in [-0.3, -0.25) is 4.90 Å². The summed E-state index contributed by atoms with van der Waals surface area (Å²) in [6, 6.07) is 6.65. The van der Waals surface area contributed by atoms with E-state index < -0.39 is 0 Å². The van der Waals surface area contributed by atoms with Crippen LogP contribution < -0.4 is 10.6 Å². The lowest BCUT2D eigenvalue weighted by Gasteiger charge is -2.42. The molecule has 0 spiro atoms. The Morgan fingerprint density at radius 2 is 1.81 bits per heavy atom. The van der Waals surface area contributed by atoms with E-state index in [4.69, 9.17) is 5.73 Å². The number of rotatable bonds is 4. The average Bonchev–Trinajstić information content (AvgIpc) is 2.47. The number of benzene rings is 1. The number of piperazine rings is 1. The molecule has 1 saturated carbocycles. The fourth-order valence-electron chi connectivity index (χ4n) is 3.55. The molecule has 1 saturated heterocycles. The lowest BCUT2D eigenvalue weighted by molar-refractivity contribution is 0.176. The SMILES string of the molecule is Cc1cccc(N2CCN(CCC3(N)CCC3)CC2)c1C. The van der Waals surface area contributed by atoms with Crippen LogP contribution in [0.15, 0.2) is 18.2 Å². The maximum Gasteiger partial charge on any atom is 0.0399 e. The number of nitrogens with two attached hydrogens (primary N) is 1. The van der Waals surface area contributed by atoms with Gasteiger partial charge < -0.3 is 10.6 Å². The third-order valence-electron chi connectivity index (χ3n) is 5.56. The monoisotopic (exact) mass is 287 g/mol. The van der Waals surface area contributed by atoms with Crippen LogP contribution in [0.5, 0.6) is 0 Å². The molecule has 1 aromatic carbocycles. The molecule has 3 rings (SSSR count). The van der Waals surface area contributed by atoms with Gasteiger partial charge in [0.25, 0.3) is 0 Å². The zero-order chi connectivity index (χ0) is 14.9. The molecule has 1 heterocycles. The summed E-state index contributed by atoms with van der Waals surface area (Å²) < 4.78 is 0. The van der Waals surface area contributed by atoms with Crippen LogP contribution in [0, 0.1) is 13.8 Å². The lowest BCUT2D eigenvalue weighted by atomic mass is 9.75. The molecule has 2 N–H and O–H groups in total. The molecule has 1 aliphatic heterocycles. The second-order valence-electron chi connectivity index (χ2n) is 7.01. The first-order valence-corrected chi connectivity index (χ1v) is 8.40. The van der Waals surface area contributed by atoms with Crippen LogP contribution in [0.2, 0.25) is 0 Å². The summed E-state index contributed by atoms with van der Waals surface area (Å²) in [5.41, 5.74) is 10.8. The number of hydrogen-bond donors (Lipinski definition) is 1. The summed E-state index contributed by atoms with van der Waals surface area (Å²) in [5, 5.41) is 0. The van der Waals surface area contributed by atoms with E-state index in [9.17, 15) is 0 Å². The zero-order valence-corrected chi connectivity index (χ0v) is 13.6. The van der Waals surface area contributed by atoms with Crippen molar-refractivity contribution in [3.05, 3.63) is 29.3 Å². The van der Waals surface area contributed by atoms with E-state index in [1.807, 2.05) is 0 Å². The van der Waals surface area contributed by atoms with Crippen LogP contribution in [0.1, 0.15) is 36.8 Å². The molecule has 0 aromatic heterocycles. The minimum atomic E-state index is 0.171. The van der Waals surface area contributed by atoms with Crippen molar-refractivity contribution in [2.24, 2.45) is 5.73 Å². The first-order chi connectivity index (χ1) is 10.1. The highest BCUT2D eigenvalue weighted by atomic mass is 15.3. The number of nitrogens with zero attached hydrogens (tertiary/aromatic N) is 2. The molecule has 0 radical (unpaired) electrons. The van der Waals surface area contributed by atoms with Gasteiger partial charge in [-0.15, -0.1) is 0 Å². The Balaban J connectivity index is 1.51. The molecular weight excluding hydrogens is 258 g/mol. The van der Waals surface area contributed by atoms with Gasteiger partial charge >= 0.3 is 0 Å². The van der Waals surface area contributed by atoms with Gasteiger partial charge in [-0.05, 0) is 56.7 Å². The van der Waals surface area contributed by atoms with Gasteiger partial charge in [-0.25, -0.2) is 0 Å². The maximum absolute atomic E-state index is 6.34. The lowest BCUT2D eigenvalue weighted by Crippen LogP contribution is -2.52.